The molecule has 0 aromatic carbocycles. The third-order valence-corrected chi connectivity index (χ3v) is 6.29. The average Bonchev–Trinajstić information content (AvgIpc) is 3.30. The maximum absolute atomic E-state index is 12.8. The van der Waals surface area contributed by atoms with E-state index < -0.39 is 64.0 Å². The Kier molecular flexibility index (Phi) is 7.05. The van der Waals surface area contributed by atoms with Crippen LogP contribution in [0.4, 0.5) is 9.93 Å². The molecule has 0 bridgehead atoms. The van der Waals surface area contributed by atoms with Crippen LogP contribution < -0.4 is 10.6 Å². The number of hydrogen-bond donors (Lipinski definition) is 3. The second-order valence-electron chi connectivity index (χ2n) is 6.55. The van der Waals surface area contributed by atoms with Gasteiger partial charge in [-0.2, -0.15) is 12.7 Å². The summed E-state index contributed by atoms with van der Waals surface area (Å²) in [6.45, 7) is 1.21. The highest BCUT2D eigenvalue weighted by atomic mass is 35.5. The number of thiazole rings is 1. The fraction of sp³-hybridized carbons (Fsp3) is 0.400. The van der Waals surface area contributed by atoms with Crippen molar-refractivity contribution in [2.75, 3.05) is 18.3 Å². The number of nitrogens with zero attached hydrogens (tertiary/aromatic N) is 4. The Hall–Kier alpha value is -3.35. The lowest BCUT2D eigenvalue weighted by atomic mass is 10.0. The molecule has 2 aliphatic rings. The van der Waals surface area contributed by atoms with Crippen molar-refractivity contribution in [1.82, 2.24) is 19.5 Å². The fourth-order valence-corrected chi connectivity index (χ4v) is 4.58. The van der Waals surface area contributed by atoms with Gasteiger partial charge in [0, 0.05) is 5.38 Å². The zero-order chi connectivity index (χ0) is 25.4. The Morgan fingerprint density at radius 2 is 2.03 bits per heavy atom. The molecule has 16 nitrogen and oxygen atoms in total. The molecule has 5 amide bonds. The summed E-state index contributed by atoms with van der Waals surface area (Å²) in [5, 5.41) is 9.39. The number of alkyl halides is 1. The predicted octanol–water partition coefficient (Wildman–Crippen LogP) is -1.51. The molecular formula is C15H15ClN6O10S2. The minimum Gasteiger partial charge on any atom is -0.436 e. The summed E-state index contributed by atoms with van der Waals surface area (Å²) in [5.41, 5.74) is -0.597. The van der Waals surface area contributed by atoms with E-state index in [1.54, 1.807) is 0 Å². The van der Waals surface area contributed by atoms with Crippen LogP contribution in [0.25, 0.3) is 0 Å². The third kappa shape index (κ3) is 4.65. The van der Waals surface area contributed by atoms with Crippen LogP contribution in [0.1, 0.15) is 12.6 Å². The van der Waals surface area contributed by atoms with E-state index >= 15 is 0 Å². The van der Waals surface area contributed by atoms with Gasteiger partial charge in [0.1, 0.15) is 18.7 Å². The Bertz CT molecular complexity index is 1200. The zero-order valence-electron chi connectivity index (χ0n) is 17.1. The highest BCUT2D eigenvalue weighted by Gasteiger charge is 2.62. The predicted molar refractivity (Wildman–Crippen MR) is 112 cm³/mol. The van der Waals surface area contributed by atoms with Gasteiger partial charge >= 0.3 is 16.4 Å². The first kappa shape index (κ1) is 25.3. The molecule has 3 N–H and O–H groups in total. The molecule has 0 aliphatic carbocycles. The lowest BCUT2D eigenvalue weighted by Crippen LogP contribution is -2.77. The summed E-state index contributed by atoms with van der Waals surface area (Å²) >= 11 is 6.32. The molecule has 2 aliphatic heterocycles. The summed E-state index contributed by atoms with van der Waals surface area (Å²) in [5.74, 6) is -4.37. The van der Waals surface area contributed by atoms with Gasteiger partial charge in [0.2, 0.25) is 5.91 Å². The average molecular weight is 539 g/mol. The Balaban J connectivity index is 1.88. The first-order chi connectivity index (χ1) is 15.9. The lowest BCUT2D eigenvalue weighted by Gasteiger charge is -2.46. The molecular weight excluding hydrogens is 524 g/mol. The van der Waals surface area contributed by atoms with Crippen LogP contribution in [-0.4, -0.2) is 93.9 Å². The quantitative estimate of drug-likeness (QED) is 0.114. The van der Waals surface area contributed by atoms with Crippen LogP contribution in [0.3, 0.4) is 0 Å². The van der Waals surface area contributed by atoms with Gasteiger partial charge in [0.15, 0.2) is 29.2 Å². The van der Waals surface area contributed by atoms with Crippen LogP contribution in [0.2, 0.25) is 0 Å². The molecule has 1 aromatic heterocycles. The van der Waals surface area contributed by atoms with Gasteiger partial charge in [0.05, 0.1) is 0 Å². The van der Waals surface area contributed by atoms with E-state index in [1.165, 1.54) is 12.3 Å². The molecule has 19 heteroatoms. The Labute approximate surface area is 199 Å². The summed E-state index contributed by atoms with van der Waals surface area (Å²) in [7, 11) is -4.11. The normalized spacial score (nSPS) is 22.9. The number of hydrogen-bond acceptors (Lipinski definition) is 12. The zero-order valence-corrected chi connectivity index (χ0v) is 19.5. The number of carbonyl (C=O) groups is 5. The molecule has 2 saturated heterocycles. The number of ether oxygens (including phenoxy) is 1. The van der Waals surface area contributed by atoms with Gasteiger partial charge in [0.25, 0.3) is 17.7 Å². The van der Waals surface area contributed by atoms with E-state index in [1.807, 2.05) is 0 Å². The monoisotopic (exact) mass is 538 g/mol. The Morgan fingerprint density at radius 3 is 2.56 bits per heavy atom. The largest absolute Gasteiger partial charge is 0.436 e. The topological polar surface area (TPSA) is 214 Å². The molecule has 0 radical (unpaired) electrons. The number of aromatic nitrogens is 1. The van der Waals surface area contributed by atoms with Crippen molar-refractivity contribution in [2.45, 2.75) is 25.2 Å². The molecule has 0 saturated carbocycles. The van der Waals surface area contributed by atoms with Crippen molar-refractivity contribution >= 4 is 73.8 Å². The Morgan fingerprint density at radius 1 is 1.35 bits per heavy atom. The smallest absolute Gasteiger partial charge is 0.419 e. The highest BCUT2D eigenvalue weighted by Crippen LogP contribution is 2.31. The van der Waals surface area contributed by atoms with Crippen LogP contribution in [0.15, 0.2) is 10.5 Å². The number of carbonyl (C=O) groups excluding carboxylic acids is 5. The van der Waals surface area contributed by atoms with Crippen molar-refractivity contribution in [3.63, 3.8) is 0 Å². The number of amides is 5. The molecule has 0 spiro atoms. The van der Waals surface area contributed by atoms with Crippen LogP contribution in [0.5, 0.6) is 0 Å². The first-order valence-corrected chi connectivity index (χ1v) is 11.8. The SMILES string of the molecule is CO/N=C(\C(=O)N[C@@H]1C(=O)N(S(=O)(=O)O)[C@@H]1N1C(=O)OC(C)C1=O)c1csc(NC(=O)CCl)n1. The summed E-state index contributed by atoms with van der Waals surface area (Å²) in [4.78, 5) is 69.9. The van der Waals surface area contributed by atoms with Gasteiger partial charge in [-0.15, -0.1) is 22.9 Å². The van der Waals surface area contributed by atoms with Crippen LogP contribution >= 0.6 is 22.9 Å². The number of oxime groups is 1. The molecule has 34 heavy (non-hydrogen) atoms. The van der Waals surface area contributed by atoms with Gasteiger partial charge in [-0.1, -0.05) is 5.16 Å². The number of anilines is 1. The molecule has 1 unspecified atom stereocenters. The molecule has 1 aromatic rings. The summed E-state index contributed by atoms with van der Waals surface area (Å²) in [6.07, 6.45) is -4.51. The van der Waals surface area contributed by atoms with Crippen molar-refractivity contribution in [2.24, 2.45) is 5.16 Å². The second kappa shape index (κ2) is 9.49. The second-order valence-corrected chi connectivity index (χ2v) is 8.97. The van der Waals surface area contributed by atoms with Crippen LogP contribution in [0, 0.1) is 0 Å². The summed E-state index contributed by atoms with van der Waals surface area (Å²) in [6, 6.07) is -1.78. The van der Waals surface area contributed by atoms with Gasteiger partial charge < -0.3 is 20.2 Å². The number of rotatable bonds is 8. The molecule has 3 atom stereocenters. The van der Waals surface area contributed by atoms with Crippen molar-refractivity contribution in [3.05, 3.63) is 11.1 Å². The van der Waals surface area contributed by atoms with E-state index in [0.29, 0.717) is 4.90 Å². The molecule has 184 valence electrons. The van der Waals surface area contributed by atoms with Gasteiger partial charge in [-0.05, 0) is 6.92 Å². The van der Waals surface area contributed by atoms with E-state index in [-0.39, 0.29) is 21.0 Å². The van der Waals surface area contributed by atoms with E-state index in [4.69, 9.17) is 16.3 Å². The van der Waals surface area contributed by atoms with Gasteiger partial charge in [-0.3, -0.25) is 23.7 Å². The molecule has 3 heterocycles. The number of nitrogens with one attached hydrogen (secondary N) is 2. The number of cyclic esters (lactones) is 1. The van der Waals surface area contributed by atoms with Crippen LogP contribution in [-0.2, 0) is 39.1 Å². The van der Waals surface area contributed by atoms with Crippen molar-refractivity contribution in [1.29, 1.82) is 0 Å². The van der Waals surface area contributed by atoms with E-state index in [9.17, 15) is 36.9 Å². The number of halogens is 1. The fourth-order valence-electron chi connectivity index (χ4n) is 2.97. The minimum atomic E-state index is -5.21. The van der Waals surface area contributed by atoms with E-state index in [2.05, 4.69) is 25.6 Å². The molecule has 2 fully saturated rings. The summed E-state index contributed by atoms with van der Waals surface area (Å²) < 4.78 is 37.2. The van der Waals surface area contributed by atoms with Crippen molar-refractivity contribution < 1.29 is 46.5 Å². The van der Waals surface area contributed by atoms with E-state index in [0.717, 1.165) is 18.4 Å². The molecule has 3 rings (SSSR count). The number of β-lactam (4-membered cyclic amide) rings is 1. The highest BCUT2D eigenvalue weighted by molar-refractivity contribution is 7.84. The standard InChI is InChI=1S/C15H15ClN6O10S2/c1-5-12(25)21(15(27)32-5)11-9(13(26)22(11)34(28,29)30)19-10(24)8(20-31-2)6-4-33-14(17-6)18-7(23)3-16/h4-5,9,11H,3H2,1-2H3,(H,19,24)(H,17,18,23)(H,28,29,30)/b20-8-/t5?,9-,11-/m0/s1. The minimum absolute atomic E-state index is 0.0618. The third-order valence-electron chi connectivity index (χ3n) is 4.39. The van der Waals surface area contributed by atoms with Gasteiger partial charge in [-0.25, -0.2) is 14.7 Å². The maximum Gasteiger partial charge on any atom is 0.419 e. The van der Waals surface area contributed by atoms with Crippen molar-refractivity contribution in [3.8, 4) is 0 Å². The lowest BCUT2D eigenvalue weighted by molar-refractivity contribution is -0.155. The number of imide groups is 1. The first-order valence-electron chi connectivity index (χ1n) is 8.98. The maximum atomic E-state index is 12.8.